The molecule has 2 aromatic rings. The number of nitrogens with one attached hydrogen (secondary N) is 1. The highest BCUT2D eigenvalue weighted by atomic mass is 32.1. The topological polar surface area (TPSA) is 74.3 Å². The Morgan fingerprint density at radius 3 is 2.86 bits per heavy atom. The second-order valence-corrected chi connectivity index (χ2v) is 5.06. The van der Waals surface area contributed by atoms with Gasteiger partial charge in [-0.05, 0) is 30.8 Å². The Labute approximate surface area is 127 Å². The molecule has 0 bridgehead atoms. The van der Waals surface area contributed by atoms with Gasteiger partial charge in [-0.1, -0.05) is 6.07 Å². The third-order valence-corrected chi connectivity index (χ3v) is 3.69. The van der Waals surface area contributed by atoms with Crippen LogP contribution in [0.25, 0.3) is 11.3 Å². The molecular weight excluding hydrogens is 288 g/mol. The number of rotatable bonds is 3. The zero-order valence-electron chi connectivity index (χ0n) is 11.8. The van der Waals surface area contributed by atoms with Crippen molar-refractivity contribution in [2.75, 3.05) is 26.1 Å². The largest absolute Gasteiger partial charge is 0.493 e. The number of thiocarbonyl (C=S) groups is 1. The van der Waals surface area contributed by atoms with Crippen LogP contribution in [0.3, 0.4) is 0 Å². The molecule has 3 N–H and O–H groups in total. The Kier molecular flexibility index (Phi) is 3.42. The molecule has 0 radical (unpaired) electrons. The van der Waals surface area contributed by atoms with Crippen molar-refractivity contribution in [1.82, 2.24) is 9.78 Å². The Hall–Kier alpha value is -2.28. The first-order chi connectivity index (χ1) is 10.2. The van der Waals surface area contributed by atoms with Crippen LogP contribution in [0.1, 0.15) is 5.56 Å². The monoisotopic (exact) mass is 304 g/mol. The van der Waals surface area contributed by atoms with Crippen molar-refractivity contribution in [2.24, 2.45) is 5.73 Å². The molecule has 1 aromatic heterocycles. The number of nitrogens with zero attached hydrogens (tertiary/aromatic N) is 2. The minimum atomic E-state index is 0.216. The molecule has 2 heterocycles. The summed E-state index contributed by atoms with van der Waals surface area (Å²) in [4.78, 5) is 0. The number of nitrogens with two attached hydrogens (primary N) is 1. The summed E-state index contributed by atoms with van der Waals surface area (Å²) in [7, 11) is 3.23. The highest BCUT2D eigenvalue weighted by Gasteiger charge is 2.26. The Balaban J connectivity index is 2.22. The number of fused-ring (bicyclic) bond motifs is 1. The first kappa shape index (κ1) is 13.7. The molecular formula is C14H16N4O2S. The quantitative estimate of drug-likeness (QED) is 0.840. The van der Waals surface area contributed by atoms with Gasteiger partial charge < -0.3 is 20.5 Å². The maximum absolute atomic E-state index is 5.74. The van der Waals surface area contributed by atoms with E-state index in [0.29, 0.717) is 11.5 Å². The summed E-state index contributed by atoms with van der Waals surface area (Å²) >= 11 is 5.06. The van der Waals surface area contributed by atoms with E-state index in [1.54, 1.807) is 18.9 Å². The molecule has 0 atom stereocenters. The smallest absolute Gasteiger partial charge is 0.193 e. The van der Waals surface area contributed by atoms with Crippen LogP contribution in [0.2, 0.25) is 0 Å². The number of benzene rings is 1. The molecule has 1 aliphatic rings. The van der Waals surface area contributed by atoms with E-state index in [1.165, 1.54) is 0 Å². The summed E-state index contributed by atoms with van der Waals surface area (Å²) in [6.07, 6.45) is 0.869. The maximum atomic E-state index is 5.74. The first-order valence-corrected chi connectivity index (χ1v) is 6.95. The molecule has 6 nitrogen and oxygen atoms in total. The number of aromatic nitrogens is 2. The Morgan fingerprint density at radius 2 is 2.19 bits per heavy atom. The van der Waals surface area contributed by atoms with E-state index in [1.807, 2.05) is 18.2 Å². The number of para-hydroxylation sites is 1. The fourth-order valence-electron chi connectivity index (χ4n) is 2.62. The maximum Gasteiger partial charge on any atom is 0.193 e. The molecule has 1 aliphatic heterocycles. The van der Waals surface area contributed by atoms with E-state index in [-0.39, 0.29) is 5.11 Å². The van der Waals surface area contributed by atoms with Crippen LogP contribution in [0.4, 0.5) is 5.82 Å². The highest BCUT2D eigenvalue weighted by Crippen LogP contribution is 2.41. The first-order valence-electron chi connectivity index (χ1n) is 6.54. The molecule has 7 heteroatoms. The molecule has 110 valence electrons. The fourth-order valence-corrected chi connectivity index (χ4v) is 2.76. The van der Waals surface area contributed by atoms with Crippen molar-refractivity contribution in [3.05, 3.63) is 23.8 Å². The summed E-state index contributed by atoms with van der Waals surface area (Å²) in [5, 5.41) is 8.02. The average molecular weight is 304 g/mol. The molecule has 0 fully saturated rings. The van der Waals surface area contributed by atoms with Crippen LogP contribution in [0, 0.1) is 0 Å². The van der Waals surface area contributed by atoms with Crippen LogP contribution in [0.15, 0.2) is 18.2 Å². The van der Waals surface area contributed by atoms with Gasteiger partial charge in [-0.15, -0.1) is 0 Å². The number of hydrogen-bond donors (Lipinski definition) is 2. The van der Waals surface area contributed by atoms with Gasteiger partial charge >= 0.3 is 0 Å². The predicted molar refractivity (Wildman–Crippen MR) is 85.1 cm³/mol. The third kappa shape index (κ3) is 2.09. The van der Waals surface area contributed by atoms with Crippen LogP contribution < -0.4 is 20.5 Å². The molecule has 0 unspecified atom stereocenters. The lowest BCUT2D eigenvalue weighted by Crippen LogP contribution is -2.22. The number of anilines is 1. The number of hydrogen-bond acceptors (Lipinski definition) is 5. The second kappa shape index (κ2) is 5.25. The van der Waals surface area contributed by atoms with E-state index in [4.69, 9.17) is 27.4 Å². The minimum absolute atomic E-state index is 0.216. The molecule has 0 amide bonds. The molecule has 1 aromatic carbocycles. The Bertz CT molecular complexity index is 711. The van der Waals surface area contributed by atoms with Crippen molar-refractivity contribution in [2.45, 2.75) is 6.42 Å². The summed E-state index contributed by atoms with van der Waals surface area (Å²) in [5.74, 6) is 2.18. The van der Waals surface area contributed by atoms with Gasteiger partial charge in [-0.2, -0.15) is 9.78 Å². The molecule has 0 saturated carbocycles. The van der Waals surface area contributed by atoms with Gasteiger partial charge in [0.15, 0.2) is 16.6 Å². The zero-order valence-corrected chi connectivity index (χ0v) is 12.7. The van der Waals surface area contributed by atoms with Gasteiger partial charge in [-0.25, -0.2) is 0 Å². The van der Waals surface area contributed by atoms with Crippen molar-refractivity contribution in [3.63, 3.8) is 0 Å². The molecule has 0 saturated heterocycles. The van der Waals surface area contributed by atoms with Crippen molar-refractivity contribution in [1.29, 1.82) is 0 Å². The Morgan fingerprint density at radius 1 is 1.38 bits per heavy atom. The van der Waals surface area contributed by atoms with Crippen molar-refractivity contribution in [3.8, 4) is 22.8 Å². The van der Waals surface area contributed by atoms with E-state index in [2.05, 4.69) is 10.4 Å². The van der Waals surface area contributed by atoms with E-state index < -0.39 is 0 Å². The van der Waals surface area contributed by atoms with E-state index >= 15 is 0 Å². The van der Waals surface area contributed by atoms with Gasteiger partial charge in [0, 0.05) is 17.7 Å². The molecule has 0 aliphatic carbocycles. The van der Waals surface area contributed by atoms with Gasteiger partial charge in [0.1, 0.15) is 11.5 Å². The van der Waals surface area contributed by atoms with Crippen LogP contribution in [0.5, 0.6) is 11.5 Å². The van der Waals surface area contributed by atoms with Crippen molar-refractivity contribution < 1.29 is 9.47 Å². The van der Waals surface area contributed by atoms with Gasteiger partial charge in [0.05, 0.1) is 14.2 Å². The molecule has 3 rings (SSSR count). The lowest BCUT2D eigenvalue weighted by Gasteiger charge is -2.11. The fraction of sp³-hybridized carbons (Fsp3) is 0.286. The zero-order chi connectivity index (χ0) is 15.0. The van der Waals surface area contributed by atoms with E-state index in [0.717, 1.165) is 35.6 Å². The normalized spacial score (nSPS) is 12.7. The van der Waals surface area contributed by atoms with E-state index in [9.17, 15) is 0 Å². The number of ether oxygens (including phenoxy) is 2. The third-order valence-electron chi connectivity index (χ3n) is 3.52. The minimum Gasteiger partial charge on any atom is -0.493 e. The molecule has 21 heavy (non-hydrogen) atoms. The summed E-state index contributed by atoms with van der Waals surface area (Å²) < 4.78 is 12.4. The SMILES string of the molecule is COc1cccc(-c2nn(C(N)=S)c3c2CCN3)c1OC. The predicted octanol–water partition coefficient (Wildman–Crippen LogP) is 1.63. The second-order valence-electron chi connectivity index (χ2n) is 4.64. The average Bonchev–Trinajstić information content (AvgIpc) is 3.07. The number of methoxy groups -OCH3 is 2. The van der Waals surface area contributed by atoms with Crippen LogP contribution in [-0.2, 0) is 6.42 Å². The van der Waals surface area contributed by atoms with Crippen LogP contribution >= 0.6 is 12.2 Å². The van der Waals surface area contributed by atoms with Crippen molar-refractivity contribution >= 4 is 23.1 Å². The van der Waals surface area contributed by atoms with Gasteiger partial charge in [0.25, 0.3) is 0 Å². The summed E-state index contributed by atoms with van der Waals surface area (Å²) in [6.45, 7) is 0.842. The van der Waals surface area contributed by atoms with Gasteiger partial charge in [-0.3, -0.25) is 0 Å². The standard InChI is InChI=1S/C14H16N4O2S/c1-19-10-5-3-4-8(12(10)20-2)11-9-6-7-16-13(9)18(17-11)14(15)21/h3-5,16H,6-7H2,1-2H3,(H2,15,21). The lowest BCUT2D eigenvalue weighted by atomic mass is 10.1. The lowest BCUT2D eigenvalue weighted by molar-refractivity contribution is 0.356. The van der Waals surface area contributed by atoms with Crippen LogP contribution in [-0.4, -0.2) is 35.7 Å². The highest BCUT2D eigenvalue weighted by molar-refractivity contribution is 7.80. The molecule has 0 spiro atoms. The summed E-state index contributed by atoms with van der Waals surface area (Å²) in [6, 6.07) is 5.71. The summed E-state index contributed by atoms with van der Waals surface area (Å²) in [5.41, 5.74) is 8.52. The van der Waals surface area contributed by atoms with Gasteiger partial charge in [0.2, 0.25) is 0 Å².